The summed E-state index contributed by atoms with van der Waals surface area (Å²) in [7, 11) is 1.57. The first kappa shape index (κ1) is 13.2. The molecule has 0 radical (unpaired) electrons. The number of ether oxygens (including phenoxy) is 2. The molecule has 1 aliphatic heterocycles. The zero-order valence-corrected chi connectivity index (χ0v) is 11.8. The van der Waals surface area contributed by atoms with Crippen LogP contribution in [0.5, 0.6) is 5.75 Å². The number of hydrogen-bond donors (Lipinski definition) is 0. The van der Waals surface area contributed by atoms with Gasteiger partial charge in [0, 0.05) is 16.5 Å². The highest BCUT2D eigenvalue weighted by molar-refractivity contribution is 6.30. The van der Waals surface area contributed by atoms with E-state index in [1.54, 1.807) is 31.4 Å². The van der Waals surface area contributed by atoms with E-state index in [4.69, 9.17) is 21.1 Å². The van der Waals surface area contributed by atoms with Gasteiger partial charge in [-0.15, -0.1) is 0 Å². The summed E-state index contributed by atoms with van der Waals surface area (Å²) in [5, 5.41) is 0.576. The van der Waals surface area contributed by atoms with E-state index in [0.717, 1.165) is 12.8 Å². The van der Waals surface area contributed by atoms with Crippen molar-refractivity contribution in [2.75, 3.05) is 7.11 Å². The van der Waals surface area contributed by atoms with Crippen LogP contribution in [0.1, 0.15) is 24.8 Å². The fourth-order valence-electron chi connectivity index (χ4n) is 2.22. The van der Waals surface area contributed by atoms with Gasteiger partial charge in [-0.3, -0.25) is 0 Å². The van der Waals surface area contributed by atoms with Crippen molar-refractivity contribution in [1.82, 2.24) is 0 Å². The Kier molecular flexibility index (Phi) is 3.49. The average molecular weight is 292 g/mol. The van der Waals surface area contributed by atoms with E-state index < -0.39 is 5.97 Å². The van der Waals surface area contributed by atoms with Crippen molar-refractivity contribution >= 4 is 29.5 Å². The summed E-state index contributed by atoms with van der Waals surface area (Å²) in [6.45, 7) is 0. The Morgan fingerprint density at radius 2 is 2.25 bits per heavy atom. The Hall–Kier alpha value is -1.81. The van der Waals surface area contributed by atoms with Gasteiger partial charge in [0.15, 0.2) is 5.70 Å². The van der Waals surface area contributed by atoms with E-state index in [1.165, 1.54) is 6.42 Å². The number of esters is 1. The maximum atomic E-state index is 11.8. The highest BCUT2D eigenvalue weighted by Crippen LogP contribution is 2.32. The summed E-state index contributed by atoms with van der Waals surface area (Å²) < 4.78 is 10.5. The molecular formula is C15H14ClNO3. The summed E-state index contributed by atoms with van der Waals surface area (Å²) in [4.78, 5) is 16.1. The minimum absolute atomic E-state index is 0.297. The van der Waals surface area contributed by atoms with E-state index >= 15 is 0 Å². The van der Waals surface area contributed by atoms with Gasteiger partial charge in [0.05, 0.1) is 7.11 Å². The first-order chi connectivity index (χ1) is 9.67. The van der Waals surface area contributed by atoms with Gasteiger partial charge >= 0.3 is 5.97 Å². The van der Waals surface area contributed by atoms with E-state index in [1.807, 2.05) is 0 Å². The van der Waals surface area contributed by atoms with Crippen LogP contribution in [0.15, 0.2) is 28.9 Å². The van der Waals surface area contributed by atoms with Gasteiger partial charge in [0.25, 0.3) is 0 Å². The topological polar surface area (TPSA) is 47.9 Å². The molecule has 2 aliphatic rings. The lowest BCUT2D eigenvalue weighted by molar-refractivity contribution is -0.130. The minimum Gasteiger partial charge on any atom is -0.496 e. The van der Waals surface area contributed by atoms with Crippen molar-refractivity contribution in [2.45, 2.75) is 19.3 Å². The normalized spacial score (nSPS) is 20.6. The van der Waals surface area contributed by atoms with Crippen LogP contribution in [-0.2, 0) is 9.53 Å². The summed E-state index contributed by atoms with van der Waals surface area (Å²) in [6.07, 6.45) is 4.90. The van der Waals surface area contributed by atoms with Gasteiger partial charge in [-0.25, -0.2) is 9.79 Å². The van der Waals surface area contributed by atoms with E-state index in [-0.39, 0.29) is 0 Å². The first-order valence-electron chi connectivity index (χ1n) is 6.53. The molecule has 1 fully saturated rings. The molecule has 1 aromatic rings. The number of hydrogen-bond acceptors (Lipinski definition) is 4. The van der Waals surface area contributed by atoms with Crippen LogP contribution < -0.4 is 4.74 Å². The van der Waals surface area contributed by atoms with Crippen LogP contribution in [0.4, 0.5) is 0 Å². The number of carbonyl (C=O) groups excluding carboxylic acids is 1. The third-order valence-corrected chi connectivity index (χ3v) is 3.81. The number of halogens is 1. The van der Waals surface area contributed by atoms with Gasteiger partial charge in [-0.1, -0.05) is 18.0 Å². The van der Waals surface area contributed by atoms with Crippen molar-refractivity contribution in [3.05, 3.63) is 34.5 Å². The second-order valence-corrected chi connectivity index (χ2v) is 5.32. The van der Waals surface area contributed by atoms with Gasteiger partial charge in [0.2, 0.25) is 5.90 Å². The molecule has 104 valence electrons. The van der Waals surface area contributed by atoms with E-state index in [0.29, 0.717) is 33.8 Å². The average Bonchev–Trinajstić information content (AvgIpc) is 2.68. The van der Waals surface area contributed by atoms with Gasteiger partial charge in [0.1, 0.15) is 5.75 Å². The largest absolute Gasteiger partial charge is 0.496 e. The minimum atomic E-state index is -0.408. The zero-order chi connectivity index (χ0) is 14.1. The number of nitrogens with zero attached hydrogens (tertiary/aromatic N) is 1. The van der Waals surface area contributed by atoms with Gasteiger partial charge in [-0.05, 0) is 37.1 Å². The maximum absolute atomic E-state index is 11.8. The number of methoxy groups -OCH3 is 1. The predicted molar refractivity (Wildman–Crippen MR) is 76.8 cm³/mol. The third-order valence-electron chi connectivity index (χ3n) is 3.58. The van der Waals surface area contributed by atoms with Crippen LogP contribution in [0, 0.1) is 5.92 Å². The second-order valence-electron chi connectivity index (χ2n) is 4.88. The van der Waals surface area contributed by atoms with Crippen molar-refractivity contribution in [2.24, 2.45) is 10.9 Å². The molecular weight excluding hydrogens is 278 g/mol. The van der Waals surface area contributed by atoms with E-state index in [9.17, 15) is 4.79 Å². The zero-order valence-electron chi connectivity index (χ0n) is 11.1. The molecule has 20 heavy (non-hydrogen) atoms. The molecule has 3 rings (SSSR count). The SMILES string of the molecule is COc1ccc(Cl)cc1/C=C1/N=C(C2CCC2)OC1=O. The lowest BCUT2D eigenvalue weighted by Crippen LogP contribution is -2.22. The highest BCUT2D eigenvalue weighted by atomic mass is 35.5. The fraction of sp³-hybridized carbons (Fsp3) is 0.333. The molecule has 0 atom stereocenters. The molecule has 5 heteroatoms. The number of benzene rings is 1. The Morgan fingerprint density at radius 3 is 2.90 bits per heavy atom. The Labute approximate surface area is 122 Å². The standard InChI is InChI=1S/C15H14ClNO3/c1-19-13-6-5-11(16)7-10(13)8-12-15(18)20-14(17-12)9-3-2-4-9/h5-9H,2-4H2,1H3/b12-8+. The number of aliphatic imine (C=N–C) groups is 1. The predicted octanol–water partition coefficient (Wildman–Crippen LogP) is 3.44. The van der Waals surface area contributed by atoms with Crippen LogP contribution in [0.25, 0.3) is 6.08 Å². The molecule has 0 amide bonds. The second kappa shape index (κ2) is 5.29. The summed E-state index contributed by atoms with van der Waals surface area (Å²) in [5.74, 6) is 1.08. The quantitative estimate of drug-likeness (QED) is 0.633. The van der Waals surface area contributed by atoms with Gasteiger partial charge in [-0.2, -0.15) is 0 Å². The molecule has 4 nitrogen and oxygen atoms in total. The molecule has 0 aromatic heterocycles. The number of rotatable bonds is 3. The van der Waals surface area contributed by atoms with Crippen molar-refractivity contribution in [3.8, 4) is 5.75 Å². The van der Waals surface area contributed by atoms with Gasteiger partial charge < -0.3 is 9.47 Å². The first-order valence-corrected chi connectivity index (χ1v) is 6.91. The summed E-state index contributed by atoms with van der Waals surface area (Å²) in [5.41, 5.74) is 1.01. The van der Waals surface area contributed by atoms with Crippen molar-refractivity contribution in [1.29, 1.82) is 0 Å². The van der Waals surface area contributed by atoms with Crippen molar-refractivity contribution in [3.63, 3.8) is 0 Å². The number of carbonyl (C=O) groups is 1. The van der Waals surface area contributed by atoms with Crippen LogP contribution in [-0.4, -0.2) is 19.0 Å². The van der Waals surface area contributed by atoms with Crippen LogP contribution in [0.3, 0.4) is 0 Å². The smallest absolute Gasteiger partial charge is 0.363 e. The molecule has 1 aromatic carbocycles. The Morgan fingerprint density at radius 1 is 1.45 bits per heavy atom. The molecule has 0 unspecified atom stereocenters. The highest BCUT2D eigenvalue weighted by Gasteiger charge is 2.32. The Balaban J connectivity index is 1.93. The molecule has 0 bridgehead atoms. The molecule has 0 spiro atoms. The lowest BCUT2D eigenvalue weighted by atomic mass is 9.85. The summed E-state index contributed by atoms with van der Waals surface area (Å²) >= 11 is 5.97. The van der Waals surface area contributed by atoms with E-state index in [2.05, 4.69) is 4.99 Å². The van der Waals surface area contributed by atoms with Crippen LogP contribution in [0.2, 0.25) is 5.02 Å². The maximum Gasteiger partial charge on any atom is 0.363 e. The summed E-state index contributed by atoms with van der Waals surface area (Å²) in [6, 6.07) is 5.22. The molecule has 1 aliphatic carbocycles. The molecule has 0 N–H and O–H groups in total. The van der Waals surface area contributed by atoms with Crippen LogP contribution >= 0.6 is 11.6 Å². The lowest BCUT2D eigenvalue weighted by Gasteiger charge is -2.23. The molecule has 0 saturated heterocycles. The number of cyclic esters (lactones) is 1. The molecule has 1 heterocycles. The molecule has 1 saturated carbocycles. The Bertz CT molecular complexity index is 618. The third kappa shape index (κ3) is 2.43. The van der Waals surface area contributed by atoms with Crippen molar-refractivity contribution < 1.29 is 14.3 Å². The monoisotopic (exact) mass is 291 g/mol. The fourth-order valence-corrected chi connectivity index (χ4v) is 2.40.